The van der Waals surface area contributed by atoms with Crippen LogP contribution in [0.1, 0.15) is 21.5 Å². The summed E-state index contributed by atoms with van der Waals surface area (Å²) in [5.41, 5.74) is 1.80. The molecular weight excluding hydrogens is 625 g/mol. The van der Waals surface area contributed by atoms with Crippen LogP contribution < -0.4 is 9.47 Å². The summed E-state index contributed by atoms with van der Waals surface area (Å²) in [5, 5.41) is 0.520. The Hall–Kier alpha value is -2.69. The van der Waals surface area contributed by atoms with Gasteiger partial charge in [-0.2, -0.15) is 0 Å². The second-order valence-corrected chi connectivity index (χ2v) is 9.20. The van der Waals surface area contributed by atoms with Crippen LogP contribution >= 0.6 is 50.1 Å². The molecule has 3 aromatic rings. The van der Waals surface area contributed by atoms with Crippen molar-refractivity contribution in [1.29, 1.82) is 0 Å². The van der Waals surface area contributed by atoms with Crippen LogP contribution in [0.3, 0.4) is 0 Å². The first kappa shape index (κ1) is 23.5. The Balaban J connectivity index is 1.63. The number of methoxy groups -OCH3 is 1. The lowest BCUT2D eigenvalue weighted by Gasteiger charge is -2.12. The van der Waals surface area contributed by atoms with E-state index < -0.39 is 11.9 Å². The largest absolute Gasteiger partial charge is 0.493 e. The zero-order valence-electron chi connectivity index (χ0n) is 17.0. The minimum absolute atomic E-state index is 0.143. The van der Waals surface area contributed by atoms with Gasteiger partial charge in [0.25, 0.3) is 0 Å². The molecule has 166 valence electrons. The summed E-state index contributed by atoms with van der Waals surface area (Å²) in [7, 11) is 1.47. The number of nitrogens with zero attached hydrogens (tertiary/aromatic N) is 1. The molecule has 1 heterocycles. The van der Waals surface area contributed by atoms with Gasteiger partial charge in [-0.25, -0.2) is 14.6 Å². The van der Waals surface area contributed by atoms with Crippen LogP contribution in [0, 0.1) is 3.57 Å². The summed E-state index contributed by atoms with van der Waals surface area (Å²) < 4.78 is 17.7. The Morgan fingerprint density at radius 2 is 1.88 bits per heavy atom. The number of aliphatic imine (C=N–C) groups is 1. The van der Waals surface area contributed by atoms with Crippen molar-refractivity contribution in [2.75, 3.05) is 7.11 Å². The molecule has 1 aliphatic rings. The molecule has 0 N–H and O–H groups in total. The number of esters is 2. The molecule has 0 radical (unpaired) electrons. The molecule has 0 aliphatic carbocycles. The molecule has 0 bridgehead atoms. The first-order valence-electron chi connectivity index (χ1n) is 9.48. The smallest absolute Gasteiger partial charge is 0.363 e. The fraction of sp³-hybridized carbons (Fsp3) is 0.0417. The van der Waals surface area contributed by atoms with Gasteiger partial charge in [-0.1, -0.05) is 23.7 Å². The zero-order chi connectivity index (χ0) is 23.5. The van der Waals surface area contributed by atoms with Crippen LogP contribution in [-0.2, 0) is 9.53 Å². The number of carbonyl (C=O) groups is 2. The molecule has 6 nitrogen and oxygen atoms in total. The molecule has 0 unspecified atom stereocenters. The van der Waals surface area contributed by atoms with Crippen molar-refractivity contribution in [1.82, 2.24) is 0 Å². The highest BCUT2D eigenvalue weighted by molar-refractivity contribution is 14.1. The van der Waals surface area contributed by atoms with Gasteiger partial charge in [-0.3, -0.25) is 0 Å². The average Bonchev–Trinajstić information content (AvgIpc) is 3.15. The molecule has 0 amide bonds. The molecular formula is C24H14BrClINO5. The van der Waals surface area contributed by atoms with Crippen molar-refractivity contribution in [3.8, 4) is 11.5 Å². The van der Waals surface area contributed by atoms with Crippen molar-refractivity contribution < 1.29 is 23.8 Å². The van der Waals surface area contributed by atoms with Gasteiger partial charge in [-0.15, -0.1) is 0 Å². The van der Waals surface area contributed by atoms with Crippen LogP contribution in [0.4, 0.5) is 0 Å². The van der Waals surface area contributed by atoms with Crippen LogP contribution in [0.25, 0.3) is 6.08 Å². The highest BCUT2D eigenvalue weighted by atomic mass is 127. The number of hydrogen-bond donors (Lipinski definition) is 0. The highest BCUT2D eigenvalue weighted by Gasteiger charge is 2.26. The van der Waals surface area contributed by atoms with E-state index in [9.17, 15) is 9.59 Å². The van der Waals surface area contributed by atoms with Crippen LogP contribution in [0.2, 0.25) is 5.02 Å². The van der Waals surface area contributed by atoms with Gasteiger partial charge < -0.3 is 14.2 Å². The quantitative estimate of drug-likeness (QED) is 0.142. The molecule has 3 aromatic carbocycles. The summed E-state index contributed by atoms with van der Waals surface area (Å²) in [5.74, 6) is -0.290. The summed E-state index contributed by atoms with van der Waals surface area (Å²) in [6, 6.07) is 17.1. The highest BCUT2D eigenvalue weighted by Crippen LogP contribution is 2.36. The monoisotopic (exact) mass is 637 g/mol. The lowest BCUT2D eigenvalue weighted by Crippen LogP contribution is -2.10. The van der Waals surface area contributed by atoms with E-state index in [1.165, 1.54) is 7.11 Å². The Morgan fingerprint density at radius 1 is 1.15 bits per heavy atom. The maximum Gasteiger partial charge on any atom is 0.363 e. The maximum atomic E-state index is 12.5. The molecule has 4 rings (SSSR count). The van der Waals surface area contributed by atoms with E-state index in [-0.39, 0.29) is 17.3 Å². The molecule has 0 fully saturated rings. The van der Waals surface area contributed by atoms with Crippen molar-refractivity contribution in [2.45, 2.75) is 0 Å². The third-order valence-electron chi connectivity index (χ3n) is 4.55. The average molecular weight is 639 g/mol. The van der Waals surface area contributed by atoms with Crippen molar-refractivity contribution in [2.24, 2.45) is 4.99 Å². The fourth-order valence-corrected chi connectivity index (χ4v) is 4.29. The number of ether oxygens (including phenoxy) is 3. The van der Waals surface area contributed by atoms with Crippen LogP contribution in [0.5, 0.6) is 11.5 Å². The van der Waals surface area contributed by atoms with Crippen molar-refractivity contribution >= 4 is 74.0 Å². The van der Waals surface area contributed by atoms with Gasteiger partial charge in [0.05, 0.1) is 21.8 Å². The SMILES string of the molecule is COc1cc(/C=C2\N=C(c3ccccc3Br)OC2=O)cc(I)c1OC(=O)c1ccc(Cl)cc1. The van der Waals surface area contributed by atoms with Gasteiger partial charge in [0.2, 0.25) is 5.90 Å². The van der Waals surface area contributed by atoms with Gasteiger partial charge >= 0.3 is 11.9 Å². The lowest BCUT2D eigenvalue weighted by atomic mass is 10.1. The normalized spacial score (nSPS) is 14.1. The molecule has 0 saturated carbocycles. The second kappa shape index (κ2) is 10.1. The van der Waals surface area contributed by atoms with Gasteiger partial charge in [0.1, 0.15) is 0 Å². The van der Waals surface area contributed by atoms with Gasteiger partial charge in [0.15, 0.2) is 17.2 Å². The van der Waals surface area contributed by atoms with Gasteiger partial charge in [0, 0.05) is 9.50 Å². The molecule has 0 saturated heterocycles. The minimum atomic E-state index is -0.562. The van der Waals surface area contributed by atoms with E-state index in [2.05, 4.69) is 20.9 Å². The summed E-state index contributed by atoms with van der Waals surface area (Å²) in [4.78, 5) is 29.2. The first-order valence-corrected chi connectivity index (χ1v) is 11.7. The third kappa shape index (κ3) is 5.29. The minimum Gasteiger partial charge on any atom is -0.493 e. The molecule has 0 aromatic heterocycles. The van der Waals surface area contributed by atoms with E-state index in [0.29, 0.717) is 31.0 Å². The Labute approximate surface area is 216 Å². The number of rotatable bonds is 5. The lowest BCUT2D eigenvalue weighted by molar-refractivity contribution is -0.129. The number of cyclic esters (lactones) is 1. The second-order valence-electron chi connectivity index (χ2n) is 6.75. The van der Waals surface area contributed by atoms with E-state index in [0.717, 1.165) is 4.47 Å². The molecule has 1 aliphatic heterocycles. The van der Waals surface area contributed by atoms with Crippen molar-refractivity contribution in [3.63, 3.8) is 0 Å². The fourth-order valence-electron chi connectivity index (χ4n) is 2.98. The molecule has 0 spiro atoms. The molecule has 0 atom stereocenters. The topological polar surface area (TPSA) is 74.2 Å². The number of halogens is 3. The molecule has 33 heavy (non-hydrogen) atoms. The summed E-state index contributed by atoms with van der Waals surface area (Å²) >= 11 is 11.3. The number of carbonyl (C=O) groups excluding carboxylic acids is 2. The Bertz CT molecular complexity index is 1320. The standard InChI is InChI=1S/C24H14BrClINO5/c1-31-20-12-13(10-18(27)21(20)32-23(29)14-6-8-15(26)9-7-14)11-19-24(30)33-22(28-19)16-4-2-3-5-17(16)25/h2-12H,1H3/b19-11-. The Kier molecular flexibility index (Phi) is 7.16. The number of benzene rings is 3. The third-order valence-corrected chi connectivity index (χ3v) is 6.30. The van der Waals surface area contributed by atoms with E-state index in [4.69, 9.17) is 25.8 Å². The Morgan fingerprint density at radius 3 is 2.58 bits per heavy atom. The van der Waals surface area contributed by atoms with Gasteiger partial charge in [-0.05, 0) is 98.7 Å². The predicted octanol–water partition coefficient (Wildman–Crippen LogP) is 6.28. The van der Waals surface area contributed by atoms with E-state index in [1.54, 1.807) is 48.5 Å². The molecule has 9 heteroatoms. The van der Waals surface area contributed by atoms with E-state index in [1.807, 2.05) is 40.8 Å². The van der Waals surface area contributed by atoms with E-state index >= 15 is 0 Å². The van der Waals surface area contributed by atoms with Crippen LogP contribution in [-0.4, -0.2) is 24.9 Å². The number of hydrogen-bond acceptors (Lipinski definition) is 6. The summed E-state index contributed by atoms with van der Waals surface area (Å²) in [6.45, 7) is 0. The first-order chi connectivity index (χ1) is 15.9. The zero-order valence-corrected chi connectivity index (χ0v) is 21.5. The summed E-state index contributed by atoms with van der Waals surface area (Å²) in [6.07, 6.45) is 1.58. The van der Waals surface area contributed by atoms with Crippen molar-refractivity contribution in [3.05, 3.63) is 96.1 Å². The van der Waals surface area contributed by atoms with Crippen LogP contribution in [0.15, 0.2) is 75.8 Å². The maximum absolute atomic E-state index is 12.5. The predicted molar refractivity (Wildman–Crippen MR) is 137 cm³/mol.